The van der Waals surface area contributed by atoms with Crippen LogP contribution < -0.4 is 40.2 Å². The van der Waals surface area contributed by atoms with Crippen molar-refractivity contribution < 1.29 is 83.5 Å². The number of alkyl halides is 6. The molecule has 4 aromatic carbocycles. The lowest BCUT2D eigenvalue weighted by Crippen LogP contribution is -2.55. The molecular weight excluding hydrogens is 1790 g/mol. The molecule has 8 fully saturated rings. The van der Waals surface area contributed by atoms with E-state index in [1.165, 1.54) is 70.6 Å². The van der Waals surface area contributed by atoms with Crippen LogP contribution in [0.25, 0.3) is 22.3 Å². The molecule has 7 aliphatic carbocycles. The van der Waals surface area contributed by atoms with Crippen molar-refractivity contribution in [2.24, 2.45) is 23.7 Å². The summed E-state index contributed by atoms with van der Waals surface area (Å²) in [6.07, 6.45) is 17.9. The molecule has 19 rings (SSSR count). The Kier molecular flexibility index (Phi) is 30.6. The number of benzene rings is 4. The number of methoxy groups -OCH3 is 2. The van der Waals surface area contributed by atoms with Gasteiger partial charge in [0.2, 0.25) is 23.0 Å². The van der Waals surface area contributed by atoms with Crippen molar-refractivity contribution in [1.82, 2.24) is 29.3 Å². The largest absolute Gasteiger partial charge is 0.498 e. The molecule has 7 saturated carbocycles. The molecule has 670 valence electrons. The van der Waals surface area contributed by atoms with Crippen molar-refractivity contribution in [1.29, 1.82) is 0 Å². The molecule has 7 aromatic rings. The minimum atomic E-state index is -4.96. The van der Waals surface area contributed by atoms with Crippen LogP contribution in [0.5, 0.6) is 0 Å². The molecule has 6 amide bonds. The predicted octanol–water partition coefficient (Wildman–Crippen LogP) is 19.5. The normalized spacial score (nSPS) is 21.0. The van der Waals surface area contributed by atoms with Crippen molar-refractivity contribution in [3.63, 3.8) is 0 Å². The number of fused-ring (bicyclic) bond motifs is 4. The van der Waals surface area contributed by atoms with Gasteiger partial charge in [-0.1, -0.05) is 65.3 Å². The number of hydrogen-bond acceptors (Lipinski definition) is 16. The molecule has 25 nitrogen and oxygen atoms in total. The maximum atomic E-state index is 12.9. The van der Waals surface area contributed by atoms with E-state index in [9.17, 15) is 64.7 Å². The number of aryl methyl sites for hydroxylation is 1. The number of nitrogens with zero attached hydrogens (tertiary/aromatic N) is 12. The Morgan fingerprint density at radius 3 is 1.31 bits per heavy atom. The van der Waals surface area contributed by atoms with Crippen molar-refractivity contribution in [2.45, 2.75) is 245 Å². The Morgan fingerprint density at radius 1 is 0.476 bits per heavy atom. The fraction of sp³-hybridized carbons (Fsp3) is 0.534. The van der Waals surface area contributed by atoms with Crippen LogP contribution in [0, 0.1) is 23.7 Å². The molecule has 4 atom stereocenters. The SMILES string of the molecule is C.CC.CC1(C)OB(c2cnn(C3CC3)c2)OC1(C)C.COC(=O)Cl.COC(=O)N1c2ccc(-c3cnn(C4CC4)c3)cc2N(C(=O)C2CC2)C[C@@H]1C.C[C@H]1CCc2cc(Br)ccc2N1C(=O)C(F)(F)F.C[C@H]1CN(C(=O)C2CC2)c2cc(-c3cnn(C4CC4)c3)ccc2N1.C[C@H]1CN(C(=O)C2CC2)c2cc(Br)ccc2N1C(=O)C(F)(F)F.O=C(Cl)C1CC1. The molecule has 0 bridgehead atoms. The predicted molar refractivity (Wildman–Crippen MR) is 473 cm³/mol. The van der Waals surface area contributed by atoms with Crippen molar-refractivity contribution in [3.8, 4) is 22.3 Å². The zero-order chi connectivity index (χ0) is 89.2. The van der Waals surface area contributed by atoms with Crippen LogP contribution in [0.3, 0.4) is 0 Å². The van der Waals surface area contributed by atoms with Gasteiger partial charge < -0.3 is 43.7 Å². The highest BCUT2D eigenvalue weighted by Gasteiger charge is 2.54. The first-order chi connectivity index (χ1) is 58.2. The van der Waals surface area contributed by atoms with Crippen LogP contribution in [-0.2, 0) is 54.0 Å². The van der Waals surface area contributed by atoms with E-state index >= 15 is 0 Å². The number of carbonyl (C=O) groups excluding carboxylic acids is 8. The second-order valence-electron chi connectivity index (χ2n) is 33.8. The van der Waals surface area contributed by atoms with Gasteiger partial charge in [-0.3, -0.25) is 52.6 Å². The Morgan fingerprint density at radius 2 is 0.871 bits per heavy atom. The molecule has 3 aromatic heterocycles. The van der Waals surface area contributed by atoms with Crippen molar-refractivity contribution in [2.75, 3.05) is 68.6 Å². The highest BCUT2D eigenvalue weighted by Crippen LogP contribution is 2.48. The van der Waals surface area contributed by atoms with Crippen LogP contribution >= 0.6 is 55.1 Å². The number of nitrogens with one attached hydrogen (secondary N) is 1. The van der Waals surface area contributed by atoms with Gasteiger partial charge in [-0.2, -0.15) is 41.6 Å². The number of hydrogen-bond donors (Lipinski definition) is 1. The van der Waals surface area contributed by atoms with Crippen molar-refractivity contribution in [3.05, 3.63) is 124 Å². The van der Waals surface area contributed by atoms with E-state index in [1.807, 2.05) is 76.7 Å². The molecule has 1 N–H and O–H groups in total. The minimum Gasteiger partial charge on any atom is -0.457 e. The van der Waals surface area contributed by atoms with Crippen LogP contribution in [0.2, 0.25) is 0 Å². The number of aromatic nitrogens is 6. The van der Waals surface area contributed by atoms with E-state index in [-0.39, 0.29) is 96.7 Å². The summed E-state index contributed by atoms with van der Waals surface area (Å²) in [6, 6.07) is 22.5. The average Bonchev–Trinajstić information content (AvgIpc) is 1.03. The number of amides is 6. The monoisotopic (exact) mass is 1890 g/mol. The van der Waals surface area contributed by atoms with E-state index in [0.29, 0.717) is 53.4 Å². The fourth-order valence-electron chi connectivity index (χ4n) is 14.8. The Balaban J connectivity index is 0.000000146. The third-order valence-corrected chi connectivity index (χ3v) is 24.7. The van der Waals surface area contributed by atoms with Crippen LogP contribution in [0.15, 0.2) is 119 Å². The number of anilines is 7. The van der Waals surface area contributed by atoms with E-state index in [0.717, 1.165) is 128 Å². The second kappa shape index (κ2) is 39.6. The molecule has 12 aliphatic rings. The van der Waals surface area contributed by atoms with Gasteiger partial charge in [-0.25, -0.2) is 9.59 Å². The summed E-state index contributed by atoms with van der Waals surface area (Å²) in [5, 5.41) is 16.7. The molecular formula is C88H108BBr2Cl2F6N13O12. The average molecular weight is 1900 g/mol. The van der Waals surface area contributed by atoms with Crippen LogP contribution in [-0.4, -0.2) is 164 Å². The number of carbonyl (C=O) groups is 8. The standard InChI is InChI=1S/C21H24N4O3.C19H22N4O.C15H14BrF3N2O2.C12H19BN2O2.C12H11BrF3NO.C4H5ClO.C2H3ClO2.C2H6.CH4/c1-13-11-23(20(26)14-3-4-14)19-9-15(5-8-18(19)25(13)21(27)28-2)16-10-22-24(12-16)17-6-7-17;1-12-10-22(19(24)13-2-3-13)18-8-14(4-7-17(18)21-12)15-9-20-23(11-15)16-5-6-16;1-8-7-20(13(22)9-2-3-9)12-6-10(16)4-5-11(12)21(8)14(23)15(17,18)19;1-11(2)12(3,4)17-13(16-11)9-7-14-15(8-9)10-5-6-10;1-7-2-3-8-6-9(13)4-5-10(8)17(7)11(18)12(14,15)16;5-4(6)3-1-2-3;1-5-2(3)4;1-2;/h5,8-10,12-14,17H,3-4,6-7,11H2,1-2H3;4,7-9,11-13,16,21H,2-3,5-6,10H2,1H3;4-6,8-9H,2-3,7H2,1H3;7-8,10H,5-6H2,1-4H3;4-7H,2-3H2,1H3;3H,1-2H2;1H3;1-2H3;1H4/t13-;12-;8-;;7-;;;;/m000.0..../s1. The van der Waals surface area contributed by atoms with Gasteiger partial charge in [-0.05, 0) is 247 Å². The Labute approximate surface area is 746 Å². The summed E-state index contributed by atoms with van der Waals surface area (Å²) in [6.45, 7) is 20.8. The van der Waals surface area contributed by atoms with Crippen LogP contribution in [0.1, 0.15) is 197 Å². The number of halogens is 10. The number of rotatable bonds is 10. The number of ether oxygens (including phenoxy) is 2. The van der Waals surface area contributed by atoms with Gasteiger partial charge in [0.1, 0.15) is 0 Å². The third kappa shape index (κ3) is 23.3. The summed E-state index contributed by atoms with van der Waals surface area (Å²) in [5.41, 5.74) is 9.12. The lowest BCUT2D eigenvalue weighted by Gasteiger charge is -2.41. The smallest absolute Gasteiger partial charge is 0.457 e. The maximum Gasteiger partial charge on any atom is 0.498 e. The first-order valence-corrected chi connectivity index (χ1v) is 44.2. The van der Waals surface area contributed by atoms with Gasteiger partial charge in [0.15, 0.2) is 0 Å². The molecule has 124 heavy (non-hydrogen) atoms. The van der Waals surface area contributed by atoms with E-state index < -0.39 is 47.8 Å². The topological polar surface area (TPSA) is 258 Å². The van der Waals surface area contributed by atoms with Gasteiger partial charge in [0.05, 0.1) is 102 Å². The first kappa shape index (κ1) is 95.8. The lowest BCUT2D eigenvalue weighted by atomic mass is 9.82. The molecule has 8 heterocycles. The molecule has 0 spiro atoms. The third-order valence-electron chi connectivity index (χ3n) is 23.2. The summed E-state index contributed by atoms with van der Waals surface area (Å²) >= 11 is 16.2. The van der Waals surface area contributed by atoms with Gasteiger partial charge in [0.25, 0.3) is 0 Å². The maximum absolute atomic E-state index is 12.9. The van der Waals surface area contributed by atoms with Gasteiger partial charge >= 0.3 is 42.8 Å². The Bertz CT molecular complexity index is 5030. The first-order valence-electron chi connectivity index (χ1n) is 41.9. The van der Waals surface area contributed by atoms with E-state index in [1.54, 1.807) is 42.2 Å². The molecule has 0 unspecified atom stereocenters. The van der Waals surface area contributed by atoms with Crippen molar-refractivity contribution >= 4 is 154 Å². The Hall–Kier alpha value is -8.83. The zero-order valence-electron chi connectivity index (χ0n) is 70.8. The fourth-order valence-corrected chi connectivity index (χ4v) is 15.7. The molecule has 5 aliphatic heterocycles. The lowest BCUT2D eigenvalue weighted by molar-refractivity contribution is -0.171. The van der Waals surface area contributed by atoms with Gasteiger partial charge in [0, 0.05) is 123 Å². The van der Waals surface area contributed by atoms with Gasteiger partial charge in [-0.15, -0.1) is 0 Å². The van der Waals surface area contributed by atoms with E-state index in [4.69, 9.17) is 25.6 Å². The quantitative estimate of drug-likeness (QED) is 0.0758. The highest BCUT2D eigenvalue weighted by molar-refractivity contribution is 9.10. The summed E-state index contributed by atoms with van der Waals surface area (Å²) in [5.74, 6) is -2.82. The molecule has 0 radical (unpaired) electrons. The summed E-state index contributed by atoms with van der Waals surface area (Å²) in [4.78, 5) is 102. The second-order valence-corrected chi connectivity index (χ2v) is 36.3. The zero-order valence-corrected chi connectivity index (χ0v) is 75.5. The summed E-state index contributed by atoms with van der Waals surface area (Å²) < 4.78 is 105. The summed E-state index contributed by atoms with van der Waals surface area (Å²) in [7, 11) is 2.32. The molecule has 1 saturated heterocycles. The highest BCUT2D eigenvalue weighted by atomic mass is 79.9. The minimum absolute atomic E-state index is 0. The van der Waals surface area contributed by atoms with E-state index in [2.05, 4.69) is 145 Å². The van der Waals surface area contributed by atoms with Crippen LogP contribution in [0.4, 0.5) is 75.7 Å². The molecule has 36 heteroatoms.